The van der Waals surface area contributed by atoms with Crippen LogP contribution < -0.4 is 14.8 Å². The van der Waals surface area contributed by atoms with Crippen LogP contribution in [0.4, 0.5) is 0 Å². The summed E-state index contributed by atoms with van der Waals surface area (Å²) in [6.07, 6.45) is 3.69. The number of amides is 1. The minimum atomic E-state index is -3.54. The predicted octanol–water partition coefficient (Wildman–Crippen LogP) is 2.69. The van der Waals surface area contributed by atoms with Gasteiger partial charge in [0.2, 0.25) is 10.0 Å². The minimum absolute atomic E-state index is 0.227. The SMILES string of the molecule is C/C=C/c1cc(C(=O)NCc2ccc(S(=O)(=O)N3CCOCC3)cc2)cc(OC)c1OC. The zero-order valence-corrected chi connectivity index (χ0v) is 19.3. The van der Waals surface area contributed by atoms with E-state index in [1.807, 2.05) is 19.1 Å². The first-order valence-electron chi connectivity index (χ1n) is 10.2. The van der Waals surface area contributed by atoms with Crippen LogP contribution >= 0.6 is 0 Å². The number of methoxy groups -OCH3 is 2. The molecule has 1 saturated heterocycles. The van der Waals surface area contributed by atoms with Crippen LogP contribution in [0.1, 0.15) is 28.4 Å². The summed E-state index contributed by atoms with van der Waals surface area (Å²) in [5, 5.41) is 2.86. The largest absolute Gasteiger partial charge is 0.493 e. The maximum Gasteiger partial charge on any atom is 0.251 e. The van der Waals surface area contributed by atoms with E-state index in [-0.39, 0.29) is 17.3 Å². The van der Waals surface area contributed by atoms with Crippen LogP contribution in [0.15, 0.2) is 47.4 Å². The Bertz CT molecular complexity index is 1070. The smallest absolute Gasteiger partial charge is 0.251 e. The van der Waals surface area contributed by atoms with Crippen molar-refractivity contribution in [2.75, 3.05) is 40.5 Å². The number of morpholine rings is 1. The van der Waals surface area contributed by atoms with Crippen LogP contribution in [0.3, 0.4) is 0 Å². The molecule has 3 rings (SSSR count). The monoisotopic (exact) mass is 460 g/mol. The number of carbonyl (C=O) groups excluding carboxylic acids is 1. The molecule has 0 bridgehead atoms. The summed E-state index contributed by atoms with van der Waals surface area (Å²) < 4.78 is 42.9. The van der Waals surface area contributed by atoms with E-state index in [1.54, 1.807) is 43.5 Å². The Morgan fingerprint density at radius 3 is 2.41 bits per heavy atom. The molecule has 32 heavy (non-hydrogen) atoms. The van der Waals surface area contributed by atoms with Crippen molar-refractivity contribution in [1.29, 1.82) is 0 Å². The van der Waals surface area contributed by atoms with E-state index in [9.17, 15) is 13.2 Å². The van der Waals surface area contributed by atoms with Gasteiger partial charge in [-0.3, -0.25) is 4.79 Å². The number of hydrogen-bond acceptors (Lipinski definition) is 6. The first-order valence-corrected chi connectivity index (χ1v) is 11.7. The Balaban J connectivity index is 1.70. The van der Waals surface area contributed by atoms with Crippen molar-refractivity contribution in [3.63, 3.8) is 0 Å². The lowest BCUT2D eigenvalue weighted by atomic mass is 10.1. The Morgan fingerprint density at radius 1 is 1.12 bits per heavy atom. The van der Waals surface area contributed by atoms with Crippen molar-refractivity contribution in [1.82, 2.24) is 9.62 Å². The first kappa shape index (κ1) is 23.8. The summed E-state index contributed by atoms with van der Waals surface area (Å²) in [7, 11) is -0.475. The van der Waals surface area contributed by atoms with Crippen molar-refractivity contribution in [2.24, 2.45) is 0 Å². The third kappa shape index (κ3) is 5.29. The van der Waals surface area contributed by atoms with Crippen molar-refractivity contribution < 1.29 is 27.4 Å². The standard InChI is InChI=1S/C23H28N2O6S/c1-4-5-18-14-19(15-21(29-2)22(18)30-3)23(26)24-16-17-6-8-20(9-7-17)32(27,28)25-10-12-31-13-11-25/h4-9,14-15H,10-13,16H2,1-3H3,(H,24,26)/b5-4+. The highest BCUT2D eigenvalue weighted by atomic mass is 32.2. The molecule has 1 aliphatic heterocycles. The quantitative estimate of drug-likeness (QED) is 0.651. The van der Waals surface area contributed by atoms with Crippen molar-refractivity contribution in [3.05, 3.63) is 59.2 Å². The van der Waals surface area contributed by atoms with Gasteiger partial charge in [-0.1, -0.05) is 24.3 Å². The molecule has 1 aliphatic rings. The summed E-state index contributed by atoms with van der Waals surface area (Å²) in [6, 6.07) is 9.88. The zero-order valence-electron chi connectivity index (χ0n) is 18.5. The van der Waals surface area contributed by atoms with Crippen LogP contribution in [-0.2, 0) is 21.3 Å². The number of ether oxygens (including phenoxy) is 3. The van der Waals surface area contributed by atoms with Gasteiger partial charge in [-0.15, -0.1) is 0 Å². The Labute approximate surface area is 188 Å². The Morgan fingerprint density at radius 2 is 1.81 bits per heavy atom. The number of allylic oxidation sites excluding steroid dienone is 1. The van der Waals surface area contributed by atoms with Crippen LogP contribution in [0.2, 0.25) is 0 Å². The van der Waals surface area contributed by atoms with Gasteiger partial charge in [-0.05, 0) is 36.8 Å². The average molecular weight is 461 g/mol. The van der Waals surface area contributed by atoms with E-state index >= 15 is 0 Å². The minimum Gasteiger partial charge on any atom is -0.493 e. The molecule has 0 spiro atoms. The van der Waals surface area contributed by atoms with Crippen LogP contribution in [0, 0.1) is 0 Å². The second-order valence-electron chi connectivity index (χ2n) is 7.14. The number of rotatable bonds is 8. The predicted molar refractivity (Wildman–Crippen MR) is 121 cm³/mol. The fraction of sp³-hybridized carbons (Fsp3) is 0.348. The lowest BCUT2D eigenvalue weighted by molar-refractivity contribution is 0.0730. The molecule has 2 aromatic carbocycles. The lowest BCUT2D eigenvalue weighted by Gasteiger charge is -2.26. The molecule has 0 aliphatic carbocycles. The van der Waals surface area contributed by atoms with Crippen molar-refractivity contribution in [2.45, 2.75) is 18.4 Å². The number of hydrogen-bond donors (Lipinski definition) is 1. The highest BCUT2D eigenvalue weighted by Gasteiger charge is 2.26. The average Bonchev–Trinajstić information content (AvgIpc) is 2.83. The van der Waals surface area contributed by atoms with E-state index in [0.29, 0.717) is 43.4 Å². The van der Waals surface area contributed by atoms with Gasteiger partial charge < -0.3 is 19.5 Å². The maximum absolute atomic E-state index is 12.7. The van der Waals surface area contributed by atoms with Gasteiger partial charge in [-0.25, -0.2) is 8.42 Å². The molecular weight excluding hydrogens is 432 g/mol. The zero-order chi connectivity index (χ0) is 23.1. The van der Waals surface area contributed by atoms with Crippen molar-refractivity contribution >= 4 is 22.0 Å². The third-order valence-electron chi connectivity index (χ3n) is 5.10. The third-order valence-corrected chi connectivity index (χ3v) is 7.01. The Kier molecular flexibility index (Phi) is 7.89. The molecule has 2 aromatic rings. The Hall–Kier alpha value is -2.88. The summed E-state index contributed by atoms with van der Waals surface area (Å²) in [5.41, 5.74) is 1.95. The molecule has 1 heterocycles. The van der Waals surface area contributed by atoms with E-state index in [2.05, 4.69) is 5.32 Å². The second kappa shape index (κ2) is 10.6. The topological polar surface area (TPSA) is 94.2 Å². The van der Waals surface area contributed by atoms with Gasteiger partial charge in [0.05, 0.1) is 32.3 Å². The molecule has 1 N–H and O–H groups in total. The highest BCUT2D eigenvalue weighted by molar-refractivity contribution is 7.89. The van der Waals surface area contributed by atoms with E-state index in [4.69, 9.17) is 14.2 Å². The molecule has 1 fully saturated rings. The first-order chi connectivity index (χ1) is 15.4. The van der Waals surface area contributed by atoms with Gasteiger partial charge in [0, 0.05) is 30.8 Å². The van der Waals surface area contributed by atoms with Crippen molar-refractivity contribution in [3.8, 4) is 11.5 Å². The van der Waals surface area contributed by atoms with Crippen LogP contribution in [-0.4, -0.2) is 59.2 Å². The molecule has 8 nitrogen and oxygen atoms in total. The number of sulfonamides is 1. The molecule has 0 radical (unpaired) electrons. The second-order valence-corrected chi connectivity index (χ2v) is 9.08. The molecule has 9 heteroatoms. The molecule has 0 saturated carbocycles. The fourth-order valence-electron chi connectivity index (χ4n) is 3.43. The van der Waals surface area contributed by atoms with Gasteiger partial charge in [0.25, 0.3) is 5.91 Å². The number of nitrogens with one attached hydrogen (secondary N) is 1. The fourth-order valence-corrected chi connectivity index (χ4v) is 4.84. The summed E-state index contributed by atoms with van der Waals surface area (Å²) >= 11 is 0. The molecule has 172 valence electrons. The molecular formula is C23H28N2O6S. The van der Waals surface area contributed by atoms with E-state index in [1.165, 1.54) is 11.4 Å². The molecule has 0 atom stereocenters. The maximum atomic E-state index is 12.7. The summed E-state index contributed by atoms with van der Waals surface area (Å²) in [6.45, 7) is 3.62. The number of nitrogens with zero attached hydrogens (tertiary/aromatic N) is 1. The van der Waals surface area contributed by atoms with Gasteiger partial charge in [0.1, 0.15) is 0 Å². The normalized spacial score (nSPS) is 15.0. The lowest BCUT2D eigenvalue weighted by Crippen LogP contribution is -2.40. The van der Waals surface area contributed by atoms with E-state index < -0.39 is 10.0 Å². The number of carbonyl (C=O) groups is 1. The van der Waals surface area contributed by atoms with Crippen LogP contribution in [0.25, 0.3) is 6.08 Å². The van der Waals surface area contributed by atoms with Gasteiger partial charge in [-0.2, -0.15) is 4.31 Å². The highest BCUT2D eigenvalue weighted by Crippen LogP contribution is 2.33. The van der Waals surface area contributed by atoms with Crippen LogP contribution in [0.5, 0.6) is 11.5 Å². The number of benzene rings is 2. The summed E-state index contributed by atoms with van der Waals surface area (Å²) in [5.74, 6) is 0.742. The molecule has 0 aromatic heterocycles. The molecule has 0 unspecified atom stereocenters. The molecule has 1 amide bonds. The van der Waals surface area contributed by atoms with Gasteiger partial charge in [0.15, 0.2) is 11.5 Å². The van der Waals surface area contributed by atoms with Gasteiger partial charge >= 0.3 is 0 Å². The summed E-state index contributed by atoms with van der Waals surface area (Å²) in [4.78, 5) is 13.0. The van der Waals surface area contributed by atoms with E-state index in [0.717, 1.165) is 11.1 Å².